The smallest absolute Gasteiger partial charge is 0.426 e. The molecule has 1 aromatic carbocycles. The van der Waals surface area contributed by atoms with Gasteiger partial charge in [0.05, 0.1) is 10.7 Å². The van der Waals surface area contributed by atoms with Crippen molar-refractivity contribution in [3.05, 3.63) is 40.4 Å². The Hall–Kier alpha value is -1.39. The summed E-state index contributed by atoms with van der Waals surface area (Å²) in [6, 6.07) is 4.98. The lowest BCUT2D eigenvalue weighted by atomic mass is 10.2. The molecule has 0 fully saturated rings. The van der Waals surface area contributed by atoms with Crippen molar-refractivity contribution in [1.29, 1.82) is 0 Å². The predicted molar refractivity (Wildman–Crippen MR) is 78.0 cm³/mol. The minimum atomic E-state index is -0.598. The van der Waals surface area contributed by atoms with Crippen molar-refractivity contribution in [3.63, 3.8) is 0 Å². The molecule has 1 amide bonds. The zero-order valence-electron chi connectivity index (χ0n) is 11.0. The molecule has 6 heteroatoms. The van der Waals surface area contributed by atoms with Crippen LogP contribution in [0.5, 0.6) is 0 Å². The summed E-state index contributed by atoms with van der Waals surface area (Å²) in [5.74, 6) is 0. The Labute approximate surface area is 122 Å². The minimum Gasteiger partial charge on any atom is -0.443 e. The van der Waals surface area contributed by atoms with E-state index >= 15 is 0 Å². The summed E-state index contributed by atoms with van der Waals surface area (Å²) in [6.07, 6.45) is -0.598. The Morgan fingerprint density at radius 1 is 1.26 bits per heavy atom. The van der Waals surface area contributed by atoms with E-state index in [1.807, 2.05) is 0 Å². The van der Waals surface area contributed by atoms with E-state index in [1.54, 1.807) is 39.0 Å². The molecule has 0 radical (unpaired) electrons. The number of nitrogens with one attached hydrogen (secondary N) is 2. The monoisotopic (exact) mass is 302 g/mol. The number of rotatable bonds is 3. The number of ether oxygens (including phenoxy) is 1. The minimum absolute atomic E-state index is 0.438. The van der Waals surface area contributed by atoms with E-state index in [4.69, 9.17) is 27.9 Å². The number of carbonyl (C=O) groups excluding carboxylic acids is 1. The average molecular weight is 303 g/mol. The van der Waals surface area contributed by atoms with Gasteiger partial charge in [0, 0.05) is 10.6 Å². The van der Waals surface area contributed by atoms with E-state index in [0.717, 1.165) is 0 Å². The number of halogens is 2. The molecule has 4 nitrogen and oxygen atoms in total. The quantitative estimate of drug-likeness (QED) is 0.830. The van der Waals surface area contributed by atoms with Crippen LogP contribution in [0.3, 0.4) is 0 Å². The molecule has 1 aromatic rings. The fraction of sp³-hybridized carbons (Fsp3) is 0.308. The molecular weight excluding hydrogens is 287 g/mol. The van der Waals surface area contributed by atoms with Crippen molar-refractivity contribution in [2.45, 2.75) is 26.4 Å². The highest BCUT2D eigenvalue weighted by Crippen LogP contribution is 2.24. The van der Waals surface area contributed by atoms with Crippen LogP contribution in [-0.2, 0) is 4.74 Å². The lowest BCUT2D eigenvalue weighted by molar-refractivity contribution is 0.0511. The third-order valence-electron chi connectivity index (χ3n) is 1.97. The molecule has 0 aromatic heterocycles. The zero-order valence-corrected chi connectivity index (χ0v) is 12.5. The molecule has 2 N–H and O–H groups in total. The second-order valence-electron chi connectivity index (χ2n) is 4.85. The fourth-order valence-electron chi connectivity index (χ4n) is 1.23. The van der Waals surface area contributed by atoms with Crippen molar-refractivity contribution < 1.29 is 9.53 Å². The summed E-state index contributed by atoms with van der Waals surface area (Å²) in [6.45, 7) is 9.10. The SMILES string of the molecule is C=C(NNC(=O)OC(C)(C)C)c1ccc(Cl)cc1Cl. The van der Waals surface area contributed by atoms with Gasteiger partial charge in [-0.2, -0.15) is 0 Å². The first-order valence-corrected chi connectivity index (χ1v) is 6.34. The van der Waals surface area contributed by atoms with Gasteiger partial charge in [0.25, 0.3) is 0 Å². The molecule has 0 unspecified atom stereocenters. The molecule has 0 atom stereocenters. The van der Waals surface area contributed by atoms with Crippen molar-refractivity contribution in [1.82, 2.24) is 10.9 Å². The number of hydrogen-bond acceptors (Lipinski definition) is 3. The molecule has 0 spiro atoms. The van der Waals surface area contributed by atoms with Crippen molar-refractivity contribution >= 4 is 35.0 Å². The van der Waals surface area contributed by atoms with Crippen LogP contribution in [0.25, 0.3) is 5.70 Å². The van der Waals surface area contributed by atoms with Crippen LogP contribution in [-0.4, -0.2) is 11.7 Å². The number of carbonyl (C=O) groups is 1. The van der Waals surface area contributed by atoms with Crippen molar-refractivity contribution in [2.75, 3.05) is 0 Å². The van der Waals surface area contributed by atoms with E-state index in [2.05, 4.69) is 17.4 Å². The fourth-order valence-corrected chi connectivity index (χ4v) is 1.75. The molecule has 0 saturated carbocycles. The second-order valence-corrected chi connectivity index (χ2v) is 5.70. The Bertz CT molecular complexity index is 496. The molecule has 1 rings (SSSR count). The van der Waals surface area contributed by atoms with Gasteiger partial charge in [-0.1, -0.05) is 29.8 Å². The molecular formula is C13H16Cl2N2O2. The van der Waals surface area contributed by atoms with Crippen molar-refractivity contribution in [2.24, 2.45) is 0 Å². The number of hydrazine groups is 1. The van der Waals surface area contributed by atoms with Crippen LogP contribution in [0.15, 0.2) is 24.8 Å². The first-order valence-electron chi connectivity index (χ1n) is 5.58. The van der Waals surface area contributed by atoms with Crippen LogP contribution < -0.4 is 10.9 Å². The van der Waals surface area contributed by atoms with Gasteiger partial charge in [-0.25, -0.2) is 10.2 Å². The molecule has 104 valence electrons. The predicted octanol–water partition coefficient (Wildman–Crippen LogP) is 3.99. The molecule has 0 saturated heterocycles. The van der Waals surface area contributed by atoms with Gasteiger partial charge in [0.2, 0.25) is 0 Å². The Morgan fingerprint density at radius 2 is 1.89 bits per heavy atom. The maximum absolute atomic E-state index is 11.4. The molecule has 19 heavy (non-hydrogen) atoms. The van der Waals surface area contributed by atoms with E-state index in [0.29, 0.717) is 21.3 Å². The third kappa shape index (κ3) is 5.41. The normalized spacial score (nSPS) is 10.8. The van der Waals surface area contributed by atoms with Crippen LogP contribution in [0, 0.1) is 0 Å². The molecule has 0 bridgehead atoms. The maximum atomic E-state index is 11.4. The summed E-state index contributed by atoms with van der Waals surface area (Å²) in [7, 11) is 0. The van der Waals surface area contributed by atoms with E-state index < -0.39 is 11.7 Å². The average Bonchev–Trinajstić information content (AvgIpc) is 2.23. The Morgan fingerprint density at radius 3 is 2.42 bits per heavy atom. The van der Waals surface area contributed by atoms with E-state index in [1.165, 1.54) is 0 Å². The first-order chi connectivity index (χ1) is 8.69. The van der Waals surface area contributed by atoms with Gasteiger partial charge >= 0.3 is 6.09 Å². The summed E-state index contributed by atoms with van der Waals surface area (Å²) < 4.78 is 5.07. The number of benzene rings is 1. The lowest BCUT2D eigenvalue weighted by Crippen LogP contribution is -2.40. The molecule has 0 aliphatic carbocycles. The van der Waals surface area contributed by atoms with Gasteiger partial charge in [0.1, 0.15) is 5.60 Å². The van der Waals surface area contributed by atoms with Crippen LogP contribution in [0.4, 0.5) is 4.79 Å². The Kier molecular flexibility index (Phi) is 5.09. The molecule has 0 aliphatic rings. The highest BCUT2D eigenvalue weighted by Gasteiger charge is 2.16. The summed E-state index contributed by atoms with van der Waals surface area (Å²) in [5.41, 5.74) is 5.53. The third-order valence-corrected chi connectivity index (χ3v) is 2.52. The van der Waals surface area contributed by atoms with Crippen LogP contribution in [0.2, 0.25) is 10.0 Å². The highest BCUT2D eigenvalue weighted by molar-refractivity contribution is 6.35. The van der Waals surface area contributed by atoms with Gasteiger partial charge in [-0.3, -0.25) is 5.43 Å². The summed E-state index contributed by atoms with van der Waals surface area (Å²) in [4.78, 5) is 11.4. The number of hydrogen-bond donors (Lipinski definition) is 2. The highest BCUT2D eigenvalue weighted by atomic mass is 35.5. The standard InChI is InChI=1S/C13H16Cl2N2O2/c1-8(10-6-5-9(14)7-11(10)15)16-17-12(18)19-13(2,3)4/h5-7,16H,1H2,2-4H3,(H,17,18). The van der Waals surface area contributed by atoms with Gasteiger partial charge < -0.3 is 4.74 Å². The van der Waals surface area contributed by atoms with Gasteiger partial charge in [-0.15, -0.1) is 0 Å². The van der Waals surface area contributed by atoms with E-state index in [9.17, 15) is 4.79 Å². The largest absolute Gasteiger partial charge is 0.443 e. The molecule has 0 aliphatic heterocycles. The van der Waals surface area contributed by atoms with Gasteiger partial charge in [-0.05, 0) is 39.0 Å². The molecule has 0 heterocycles. The first kappa shape index (κ1) is 15.7. The van der Waals surface area contributed by atoms with Crippen LogP contribution >= 0.6 is 23.2 Å². The summed E-state index contributed by atoms with van der Waals surface area (Å²) >= 11 is 11.8. The van der Waals surface area contributed by atoms with Crippen molar-refractivity contribution in [3.8, 4) is 0 Å². The van der Waals surface area contributed by atoms with E-state index in [-0.39, 0.29) is 0 Å². The van der Waals surface area contributed by atoms with Gasteiger partial charge in [0.15, 0.2) is 0 Å². The lowest BCUT2D eigenvalue weighted by Gasteiger charge is -2.20. The van der Waals surface area contributed by atoms with Crippen LogP contribution in [0.1, 0.15) is 26.3 Å². The maximum Gasteiger partial charge on any atom is 0.426 e. The zero-order chi connectivity index (χ0) is 14.6. The Balaban J connectivity index is 2.59. The topological polar surface area (TPSA) is 50.4 Å². The summed E-state index contributed by atoms with van der Waals surface area (Å²) in [5, 5.41) is 0.970. The number of amides is 1. The second kappa shape index (κ2) is 6.17.